The minimum absolute atomic E-state index is 0.396. The standard InChI is InChI=1S/C10H18N4O/c1-9(2,11)8-13-7(14-15-8)10(12)5-3-4-6-10/h3-6,11-12H2,1-2H3. The fraction of sp³-hybridized carbons (Fsp3) is 0.800. The van der Waals surface area contributed by atoms with E-state index in [2.05, 4.69) is 10.1 Å². The molecule has 0 unspecified atom stereocenters. The number of hydrogen-bond donors (Lipinski definition) is 2. The molecule has 0 radical (unpaired) electrons. The average molecular weight is 210 g/mol. The molecule has 0 aromatic carbocycles. The van der Waals surface area contributed by atoms with Crippen LogP contribution in [0.5, 0.6) is 0 Å². The third kappa shape index (κ3) is 1.89. The molecule has 0 saturated heterocycles. The molecule has 1 heterocycles. The molecule has 0 amide bonds. The highest BCUT2D eigenvalue weighted by Gasteiger charge is 2.37. The molecule has 0 atom stereocenters. The molecule has 1 aliphatic carbocycles. The van der Waals surface area contributed by atoms with E-state index >= 15 is 0 Å². The number of nitrogens with two attached hydrogens (primary N) is 2. The lowest BCUT2D eigenvalue weighted by Gasteiger charge is -2.18. The van der Waals surface area contributed by atoms with Crippen LogP contribution in [-0.2, 0) is 11.1 Å². The molecule has 1 aromatic rings. The zero-order valence-corrected chi connectivity index (χ0v) is 9.29. The van der Waals surface area contributed by atoms with E-state index in [0.717, 1.165) is 25.7 Å². The van der Waals surface area contributed by atoms with Crippen LogP contribution in [0.25, 0.3) is 0 Å². The Morgan fingerprint density at radius 1 is 1.33 bits per heavy atom. The van der Waals surface area contributed by atoms with Gasteiger partial charge in [-0.2, -0.15) is 4.98 Å². The molecule has 5 nitrogen and oxygen atoms in total. The van der Waals surface area contributed by atoms with Crippen molar-refractivity contribution in [1.82, 2.24) is 10.1 Å². The molecule has 0 spiro atoms. The van der Waals surface area contributed by atoms with E-state index in [-0.39, 0.29) is 0 Å². The summed E-state index contributed by atoms with van der Waals surface area (Å²) >= 11 is 0. The van der Waals surface area contributed by atoms with Crippen LogP contribution in [-0.4, -0.2) is 10.1 Å². The van der Waals surface area contributed by atoms with E-state index in [9.17, 15) is 0 Å². The van der Waals surface area contributed by atoms with Gasteiger partial charge in [0.15, 0.2) is 5.82 Å². The lowest BCUT2D eigenvalue weighted by Crippen LogP contribution is -2.35. The topological polar surface area (TPSA) is 91.0 Å². The lowest BCUT2D eigenvalue weighted by atomic mass is 9.98. The summed E-state index contributed by atoms with van der Waals surface area (Å²) < 4.78 is 5.14. The first-order valence-corrected chi connectivity index (χ1v) is 5.34. The zero-order chi connectivity index (χ0) is 11.1. The van der Waals surface area contributed by atoms with Crippen molar-refractivity contribution in [3.63, 3.8) is 0 Å². The Bertz CT molecular complexity index is 347. The first-order chi connectivity index (χ1) is 6.92. The fourth-order valence-electron chi connectivity index (χ4n) is 1.92. The molecule has 5 heteroatoms. The summed E-state index contributed by atoms with van der Waals surface area (Å²) in [6, 6.07) is 0. The second kappa shape index (κ2) is 3.28. The van der Waals surface area contributed by atoms with Gasteiger partial charge < -0.3 is 16.0 Å². The molecule has 0 bridgehead atoms. The monoisotopic (exact) mass is 210 g/mol. The van der Waals surface area contributed by atoms with Gasteiger partial charge >= 0.3 is 0 Å². The maximum absolute atomic E-state index is 6.21. The molecule has 1 fully saturated rings. The van der Waals surface area contributed by atoms with Crippen molar-refractivity contribution in [2.45, 2.75) is 50.6 Å². The van der Waals surface area contributed by atoms with E-state index in [1.807, 2.05) is 13.8 Å². The van der Waals surface area contributed by atoms with Crippen LogP contribution in [0, 0.1) is 0 Å². The zero-order valence-electron chi connectivity index (χ0n) is 9.29. The van der Waals surface area contributed by atoms with Crippen LogP contribution in [0.15, 0.2) is 4.52 Å². The first-order valence-electron chi connectivity index (χ1n) is 5.34. The Morgan fingerprint density at radius 2 is 1.93 bits per heavy atom. The highest BCUT2D eigenvalue weighted by atomic mass is 16.5. The van der Waals surface area contributed by atoms with E-state index < -0.39 is 11.1 Å². The molecule has 84 valence electrons. The number of rotatable bonds is 2. The van der Waals surface area contributed by atoms with Crippen LogP contribution in [0.4, 0.5) is 0 Å². The average Bonchev–Trinajstić information content (AvgIpc) is 2.69. The number of nitrogens with zero attached hydrogens (tertiary/aromatic N) is 2. The molecule has 1 saturated carbocycles. The highest BCUT2D eigenvalue weighted by Crippen LogP contribution is 2.35. The van der Waals surface area contributed by atoms with Gasteiger partial charge in [0.05, 0.1) is 11.1 Å². The van der Waals surface area contributed by atoms with Crippen molar-refractivity contribution in [1.29, 1.82) is 0 Å². The SMILES string of the molecule is CC(C)(N)c1nc(C2(N)CCCC2)no1. The Labute approximate surface area is 89.2 Å². The molecule has 4 N–H and O–H groups in total. The Morgan fingerprint density at radius 3 is 2.40 bits per heavy atom. The normalized spacial score (nSPS) is 20.8. The molecule has 1 aliphatic rings. The van der Waals surface area contributed by atoms with Gasteiger partial charge in [-0.25, -0.2) is 0 Å². The van der Waals surface area contributed by atoms with Gasteiger partial charge in [-0.05, 0) is 26.7 Å². The van der Waals surface area contributed by atoms with Crippen molar-refractivity contribution in [3.8, 4) is 0 Å². The summed E-state index contributed by atoms with van der Waals surface area (Å²) in [4.78, 5) is 4.31. The van der Waals surface area contributed by atoms with Gasteiger partial charge in [0.2, 0.25) is 5.89 Å². The summed E-state index contributed by atoms with van der Waals surface area (Å²) in [5.41, 5.74) is 11.1. The fourth-order valence-corrected chi connectivity index (χ4v) is 1.92. The molecule has 2 rings (SSSR count). The van der Waals surface area contributed by atoms with Crippen LogP contribution in [0.2, 0.25) is 0 Å². The van der Waals surface area contributed by atoms with Crippen molar-refractivity contribution >= 4 is 0 Å². The van der Waals surface area contributed by atoms with Gasteiger partial charge in [-0.15, -0.1) is 0 Å². The molecule has 0 aliphatic heterocycles. The molecule has 1 aromatic heterocycles. The van der Waals surface area contributed by atoms with E-state index in [1.165, 1.54) is 0 Å². The Hall–Kier alpha value is -0.940. The van der Waals surface area contributed by atoms with Crippen LogP contribution in [0.3, 0.4) is 0 Å². The van der Waals surface area contributed by atoms with Gasteiger partial charge in [-0.3, -0.25) is 0 Å². The number of aromatic nitrogens is 2. The summed E-state index contributed by atoms with van der Waals surface area (Å²) in [7, 11) is 0. The van der Waals surface area contributed by atoms with Crippen LogP contribution >= 0.6 is 0 Å². The van der Waals surface area contributed by atoms with E-state index in [1.54, 1.807) is 0 Å². The summed E-state index contributed by atoms with van der Waals surface area (Å²) in [5, 5.41) is 3.95. The smallest absolute Gasteiger partial charge is 0.246 e. The molecule has 15 heavy (non-hydrogen) atoms. The van der Waals surface area contributed by atoms with Crippen molar-refractivity contribution < 1.29 is 4.52 Å². The highest BCUT2D eigenvalue weighted by molar-refractivity contribution is 5.08. The molecular formula is C10H18N4O. The van der Waals surface area contributed by atoms with Gasteiger partial charge in [-0.1, -0.05) is 18.0 Å². The van der Waals surface area contributed by atoms with E-state index in [4.69, 9.17) is 16.0 Å². The Kier molecular flexibility index (Phi) is 2.31. The predicted octanol–water partition coefficient (Wildman–Crippen LogP) is 0.991. The summed E-state index contributed by atoms with van der Waals surface area (Å²) in [6.45, 7) is 3.67. The lowest BCUT2D eigenvalue weighted by molar-refractivity contribution is 0.303. The predicted molar refractivity (Wildman–Crippen MR) is 55.8 cm³/mol. The number of hydrogen-bond acceptors (Lipinski definition) is 5. The van der Waals surface area contributed by atoms with Crippen molar-refractivity contribution in [3.05, 3.63) is 11.7 Å². The summed E-state index contributed by atoms with van der Waals surface area (Å²) in [6.07, 6.45) is 4.12. The Balaban J connectivity index is 2.27. The second-order valence-corrected chi connectivity index (χ2v) is 5.01. The quantitative estimate of drug-likeness (QED) is 0.759. The van der Waals surface area contributed by atoms with Crippen molar-refractivity contribution in [2.24, 2.45) is 11.5 Å². The van der Waals surface area contributed by atoms with Gasteiger partial charge in [0, 0.05) is 0 Å². The van der Waals surface area contributed by atoms with Crippen LogP contribution in [0.1, 0.15) is 51.2 Å². The van der Waals surface area contributed by atoms with Crippen molar-refractivity contribution in [2.75, 3.05) is 0 Å². The third-order valence-corrected chi connectivity index (χ3v) is 2.92. The summed E-state index contributed by atoms with van der Waals surface area (Å²) in [5.74, 6) is 1.06. The maximum atomic E-state index is 6.21. The molecular weight excluding hydrogens is 192 g/mol. The van der Waals surface area contributed by atoms with Crippen LogP contribution < -0.4 is 11.5 Å². The van der Waals surface area contributed by atoms with Gasteiger partial charge in [0.1, 0.15) is 0 Å². The van der Waals surface area contributed by atoms with E-state index in [0.29, 0.717) is 11.7 Å². The largest absolute Gasteiger partial charge is 0.337 e. The minimum Gasteiger partial charge on any atom is -0.337 e. The first kappa shape index (κ1) is 10.6. The van der Waals surface area contributed by atoms with Gasteiger partial charge in [0.25, 0.3) is 0 Å². The third-order valence-electron chi connectivity index (χ3n) is 2.92. The second-order valence-electron chi connectivity index (χ2n) is 5.01. The maximum Gasteiger partial charge on any atom is 0.246 e. The minimum atomic E-state index is -0.597.